The van der Waals surface area contributed by atoms with Gasteiger partial charge in [-0.15, -0.1) is 0 Å². The minimum atomic E-state index is 0.334. The van der Waals surface area contributed by atoms with Gasteiger partial charge in [0.15, 0.2) is 0 Å². The number of nitrogens with one attached hydrogen (secondary N) is 1. The van der Waals surface area contributed by atoms with Crippen molar-refractivity contribution in [2.24, 2.45) is 5.41 Å². The molecule has 0 unspecified atom stereocenters. The van der Waals surface area contributed by atoms with Crippen molar-refractivity contribution in [1.29, 1.82) is 0 Å². The van der Waals surface area contributed by atoms with E-state index in [4.69, 9.17) is 5.11 Å². The second kappa shape index (κ2) is 5.02. The Bertz CT molecular complexity index is 407. The summed E-state index contributed by atoms with van der Waals surface area (Å²) >= 11 is 0. The Kier molecular flexibility index (Phi) is 3.40. The van der Waals surface area contributed by atoms with Crippen molar-refractivity contribution in [1.82, 2.24) is 5.32 Å². The average molecular weight is 245 g/mol. The van der Waals surface area contributed by atoms with E-state index in [2.05, 4.69) is 29.6 Å². The fourth-order valence-electron chi connectivity index (χ4n) is 2.88. The molecule has 0 heterocycles. The number of aliphatic hydroxyl groups excluding tert-OH is 1. The zero-order valence-corrected chi connectivity index (χ0v) is 11.0. The molecule has 2 aliphatic rings. The van der Waals surface area contributed by atoms with Gasteiger partial charge in [0, 0.05) is 19.7 Å². The van der Waals surface area contributed by atoms with Gasteiger partial charge >= 0.3 is 0 Å². The molecule has 0 radical (unpaired) electrons. The molecule has 0 amide bonds. The molecule has 2 fully saturated rings. The molecule has 0 saturated heterocycles. The Balaban J connectivity index is 1.54. The second-order valence-electron chi connectivity index (χ2n) is 6.05. The SMILES string of the molecule is OCCC1(CNCc2ccccc2C2CC2)CC1. The molecule has 0 aromatic heterocycles. The summed E-state index contributed by atoms with van der Waals surface area (Å²) in [7, 11) is 0. The lowest BCUT2D eigenvalue weighted by Crippen LogP contribution is -2.24. The van der Waals surface area contributed by atoms with Crippen LogP contribution < -0.4 is 5.32 Å². The van der Waals surface area contributed by atoms with E-state index in [1.54, 1.807) is 5.56 Å². The number of hydrogen-bond donors (Lipinski definition) is 2. The standard InChI is InChI=1S/C16H23NO/c18-10-9-16(7-8-16)12-17-11-14-3-1-2-4-15(14)13-5-6-13/h1-4,13,17-18H,5-12H2. The third-order valence-corrected chi connectivity index (χ3v) is 4.49. The van der Waals surface area contributed by atoms with Crippen LogP contribution >= 0.6 is 0 Å². The quantitative estimate of drug-likeness (QED) is 0.774. The molecule has 2 heteroatoms. The lowest BCUT2D eigenvalue weighted by Gasteiger charge is -2.16. The monoisotopic (exact) mass is 245 g/mol. The fourth-order valence-corrected chi connectivity index (χ4v) is 2.88. The van der Waals surface area contributed by atoms with Crippen LogP contribution in [0.2, 0.25) is 0 Å². The number of benzene rings is 1. The van der Waals surface area contributed by atoms with Crippen LogP contribution in [0, 0.1) is 5.41 Å². The highest BCUT2D eigenvalue weighted by atomic mass is 16.3. The van der Waals surface area contributed by atoms with E-state index in [1.165, 1.54) is 31.2 Å². The number of hydrogen-bond acceptors (Lipinski definition) is 2. The summed E-state index contributed by atoms with van der Waals surface area (Å²) in [5.41, 5.74) is 3.44. The van der Waals surface area contributed by atoms with Crippen molar-refractivity contribution in [3.63, 3.8) is 0 Å². The number of rotatable bonds is 7. The summed E-state index contributed by atoms with van der Waals surface area (Å²) in [6, 6.07) is 8.84. The maximum Gasteiger partial charge on any atom is 0.0436 e. The largest absolute Gasteiger partial charge is 0.396 e. The van der Waals surface area contributed by atoms with Gasteiger partial charge in [0.2, 0.25) is 0 Å². The van der Waals surface area contributed by atoms with E-state index in [-0.39, 0.29) is 0 Å². The first kappa shape index (κ1) is 12.2. The van der Waals surface area contributed by atoms with E-state index in [0.29, 0.717) is 12.0 Å². The van der Waals surface area contributed by atoms with Gasteiger partial charge in [0.05, 0.1) is 0 Å². The second-order valence-corrected chi connectivity index (χ2v) is 6.05. The Morgan fingerprint density at radius 2 is 2.00 bits per heavy atom. The predicted molar refractivity (Wildman–Crippen MR) is 73.5 cm³/mol. The first-order chi connectivity index (χ1) is 8.83. The lowest BCUT2D eigenvalue weighted by molar-refractivity contribution is 0.245. The Morgan fingerprint density at radius 1 is 1.22 bits per heavy atom. The van der Waals surface area contributed by atoms with Crippen LogP contribution in [0.15, 0.2) is 24.3 Å². The minimum absolute atomic E-state index is 0.334. The summed E-state index contributed by atoms with van der Waals surface area (Å²) in [4.78, 5) is 0. The Labute approximate surface area is 109 Å². The molecule has 2 N–H and O–H groups in total. The third-order valence-electron chi connectivity index (χ3n) is 4.49. The topological polar surface area (TPSA) is 32.3 Å². The molecule has 0 aliphatic heterocycles. The fraction of sp³-hybridized carbons (Fsp3) is 0.625. The van der Waals surface area contributed by atoms with Gasteiger partial charge < -0.3 is 10.4 Å². The molecule has 1 aromatic carbocycles. The van der Waals surface area contributed by atoms with Gasteiger partial charge in [-0.3, -0.25) is 0 Å². The van der Waals surface area contributed by atoms with Gasteiger partial charge in [-0.2, -0.15) is 0 Å². The van der Waals surface area contributed by atoms with Crippen molar-refractivity contribution < 1.29 is 5.11 Å². The predicted octanol–water partition coefficient (Wildman–Crippen LogP) is 2.82. The van der Waals surface area contributed by atoms with E-state index in [1.807, 2.05) is 0 Å². The van der Waals surface area contributed by atoms with Crippen molar-refractivity contribution in [2.75, 3.05) is 13.2 Å². The molecule has 1 aromatic rings. The molecule has 2 aliphatic carbocycles. The van der Waals surface area contributed by atoms with E-state index < -0.39 is 0 Å². The average Bonchev–Trinajstić information content (AvgIpc) is 3.25. The van der Waals surface area contributed by atoms with Crippen LogP contribution in [0.5, 0.6) is 0 Å². The smallest absolute Gasteiger partial charge is 0.0436 e. The summed E-state index contributed by atoms with van der Waals surface area (Å²) in [6.45, 7) is 2.38. The molecular weight excluding hydrogens is 222 g/mol. The maximum atomic E-state index is 9.06. The van der Waals surface area contributed by atoms with E-state index >= 15 is 0 Å². The first-order valence-electron chi connectivity index (χ1n) is 7.22. The van der Waals surface area contributed by atoms with Crippen molar-refractivity contribution in [3.05, 3.63) is 35.4 Å². The first-order valence-corrected chi connectivity index (χ1v) is 7.22. The Hall–Kier alpha value is -0.860. The van der Waals surface area contributed by atoms with Crippen LogP contribution in [0.1, 0.15) is 49.1 Å². The van der Waals surface area contributed by atoms with E-state index in [0.717, 1.165) is 25.4 Å². The molecule has 3 rings (SSSR count). The van der Waals surface area contributed by atoms with Crippen molar-refractivity contribution >= 4 is 0 Å². The molecule has 18 heavy (non-hydrogen) atoms. The zero-order chi connectivity index (χ0) is 12.4. The summed E-state index contributed by atoms with van der Waals surface area (Å²) in [5, 5.41) is 12.7. The third kappa shape index (κ3) is 2.76. The van der Waals surface area contributed by atoms with Gasteiger partial charge in [0.1, 0.15) is 0 Å². The van der Waals surface area contributed by atoms with Crippen LogP contribution in [0.25, 0.3) is 0 Å². The summed E-state index contributed by atoms with van der Waals surface area (Å²) in [5.74, 6) is 0.829. The molecule has 2 nitrogen and oxygen atoms in total. The van der Waals surface area contributed by atoms with E-state index in [9.17, 15) is 0 Å². The molecule has 0 atom stereocenters. The molecule has 2 saturated carbocycles. The highest BCUT2D eigenvalue weighted by Gasteiger charge is 2.41. The van der Waals surface area contributed by atoms with Crippen LogP contribution in [0.3, 0.4) is 0 Å². The zero-order valence-electron chi connectivity index (χ0n) is 11.0. The summed E-state index contributed by atoms with van der Waals surface area (Å²) in [6.07, 6.45) is 6.26. The maximum absolute atomic E-state index is 9.06. The van der Waals surface area contributed by atoms with Gasteiger partial charge in [0.25, 0.3) is 0 Å². The van der Waals surface area contributed by atoms with Crippen LogP contribution in [-0.4, -0.2) is 18.3 Å². The van der Waals surface area contributed by atoms with Crippen LogP contribution in [0.4, 0.5) is 0 Å². The van der Waals surface area contributed by atoms with Gasteiger partial charge in [-0.05, 0) is 54.6 Å². The van der Waals surface area contributed by atoms with Crippen LogP contribution in [-0.2, 0) is 6.54 Å². The number of aliphatic hydroxyl groups is 1. The van der Waals surface area contributed by atoms with Gasteiger partial charge in [-0.1, -0.05) is 24.3 Å². The Morgan fingerprint density at radius 3 is 2.67 bits per heavy atom. The van der Waals surface area contributed by atoms with Gasteiger partial charge in [-0.25, -0.2) is 0 Å². The summed E-state index contributed by atoms with van der Waals surface area (Å²) < 4.78 is 0. The minimum Gasteiger partial charge on any atom is -0.396 e. The molecule has 0 bridgehead atoms. The van der Waals surface area contributed by atoms with Crippen molar-refractivity contribution in [2.45, 2.75) is 44.6 Å². The highest BCUT2D eigenvalue weighted by Crippen LogP contribution is 2.48. The highest BCUT2D eigenvalue weighted by molar-refractivity contribution is 5.33. The van der Waals surface area contributed by atoms with Crippen molar-refractivity contribution in [3.8, 4) is 0 Å². The molecule has 0 spiro atoms. The molecule has 98 valence electrons. The normalized spacial score (nSPS) is 20.9. The molecular formula is C16H23NO. The lowest BCUT2D eigenvalue weighted by atomic mass is 10.0.